The Morgan fingerprint density at radius 1 is 1.42 bits per heavy atom. The van der Waals surface area contributed by atoms with Crippen LogP contribution >= 0.6 is 26.6 Å². The summed E-state index contributed by atoms with van der Waals surface area (Å²) in [4.78, 5) is -0.299. The van der Waals surface area contributed by atoms with Gasteiger partial charge >= 0.3 is 0 Å². The minimum Gasteiger partial charge on any atom is -0.506 e. The molecule has 0 amide bonds. The van der Waals surface area contributed by atoms with E-state index in [1.165, 1.54) is 18.2 Å². The Balaban J connectivity index is 3.53. The van der Waals surface area contributed by atoms with E-state index < -0.39 is 9.05 Å². The second kappa shape index (κ2) is 3.24. The zero-order valence-electron chi connectivity index (χ0n) is 5.66. The molecule has 66 valence electrons. The maximum Gasteiger partial charge on any atom is 0.266 e. The van der Waals surface area contributed by atoms with Crippen molar-refractivity contribution in [1.29, 1.82) is 0 Å². The van der Waals surface area contributed by atoms with Gasteiger partial charge in [0.1, 0.15) is 10.6 Å². The molecule has 0 saturated carbocycles. The maximum absolute atomic E-state index is 10.8. The van der Waals surface area contributed by atoms with Gasteiger partial charge in [-0.2, -0.15) is 0 Å². The lowest BCUT2D eigenvalue weighted by Gasteiger charge is -2.01. The quantitative estimate of drug-likeness (QED) is 0.796. The fourth-order valence-electron chi connectivity index (χ4n) is 0.739. The fraction of sp³-hybridized carbons (Fsp3) is 0. The summed E-state index contributed by atoms with van der Waals surface area (Å²) in [7, 11) is 1.16. The summed E-state index contributed by atoms with van der Waals surface area (Å²) in [6.45, 7) is 0. The van der Waals surface area contributed by atoms with E-state index in [1.807, 2.05) is 0 Å². The normalized spacial score (nSPS) is 11.5. The Morgan fingerprint density at radius 3 is 2.33 bits per heavy atom. The molecule has 3 nitrogen and oxygen atoms in total. The van der Waals surface area contributed by atoms with Gasteiger partial charge in [-0.3, -0.25) is 0 Å². The minimum atomic E-state index is -3.89. The zero-order valence-corrected chi connectivity index (χ0v) is 8.82. The summed E-state index contributed by atoms with van der Waals surface area (Å²) in [5.74, 6) is -0.362. The van der Waals surface area contributed by atoms with Crippen molar-refractivity contribution in [1.82, 2.24) is 0 Å². The first-order chi connectivity index (χ1) is 5.43. The van der Waals surface area contributed by atoms with Crippen LogP contribution in [0.3, 0.4) is 0 Å². The molecule has 0 aliphatic heterocycles. The van der Waals surface area contributed by atoms with E-state index in [0.717, 1.165) is 0 Å². The summed E-state index contributed by atoms with van der Waals surface area (Å²) < 4.78 is 21.9. The van der Waals surface area contributed by atoms with E-state index in [2.05, 4.69) is 15.9 Å². The number of halogens is 2. The second-order valence-electron chi connectivity index (χ2n) is 2.03. The predicted octanol–water partition coefficient (Wildman–Crippen LogP) is 2.08. The highest BCUT2D eigenvalue weighted by Gasteiger charge is 2.18. The molecule has 0 atom stereocenters. The summed E-state index contributed by atoms with van der Waals surface area (Å²) in [6, 6.07) is 4.24. The van der Waals surface area contributed by atoms with Crippen molar-refractivity contribution in [2.75, 3.05) is 0 Å². The molecule has 0 fully saturated rings. The molecule has 6 heteroatoms. The van der Waals surface area contributed by atoms with Crippen LogP contribution in [0.15, 0.2) is 27.6 Å². The molecule has 1 N–H and O–H groups in total. The van der Waals surface area contributed by atoms with Crippen LogP contribution < -0.4 is 0 Å². The van der Waals surface area contributed by atoms with Gasteiger partial charge in [0.25, 0.3) is 9.05 Å². The number of rotatable bonds is 1. The molecule has 1 aromatic carbocycles. The van der Waals surface area contributed by atoms with Crippen LogP contribution in [0.25, 0.3) is 0 Å². The average Bonchev–Trinajstić information content (AvgIpc) is 1.82. The van der Waals surface area contributed by atoms with Crippen molar-refractivity contribution in [3.63, 3.8) is 0 Å². The number of benzene rings is 1. The molecule has 1 aromatic rings. The largest absolute Gasteiger partial charge is 0.506 e. The fourth-order valence-corrected chi connectivity index (χ4v) is 3.12. The Bertz CT molecular complexity index is 381. The first kappa shape index (κ1) is 9.83. The summed E-state index contributed by atoms with van der Waals surface area (Å²) in [5, 5.41) is 9.13. The molecular formula is C6H4BrClO3S. The van der Waals surface area contributed by atoms with Crippen LogP contribution in [0.2, 0.25) is 0 Å². The van der Waals surface area contributed by atoms with Gasteiger partial charge in [-0.25, -0.2) is 8.42 Å². The van der Waals surface area contributed by atoms with Crippen molar-refractivity contribution in [3.05, 3.63) is 22.7 Å². The first-order valence-corrected chi connectivity index (χ1v) is 5.95. The van der Waals surface area contributed by atoms with Gasteiger partial charge in [0, 0.05) is 15.2 Å². The lowest BCUT2D eigenvalue weighted by atomic mass is 10.3. The minimum absolute atomic E-state index is 0.248. The Labute approximate surface area is 82.5 Å². The molecule has 12 heavy (non-hydrogen) atoms. The molecule has 0 heterocycles. The smallest absolute Gasteiger partial charge is 0.266 e. The Hall–Kier alpha value is -0.260. The van der Waals surface area contributed by atoms with Crippen LogP contribution in [0, 0.1) is 0 Å². The SMILES string of the molecule is O=S(=O)(Cl)c1c(O)cccc1Br. The van der Waals surface area contributed by atoms with Gasteiger partial charge < -0.3 is 5.11 Å². The number of hydrogen-bond acceptors (Lipinski definition) is 3. The van der Waals surface area contributed by atoms with Crippen LogP contribution in [-0.4, -0.2) is 13.5 Å². The van der Waals surface area contributed by atoms with Gasteiger partial charge in [-0.05, 0) is 28.1 Å². The zero-order chi connectivity index (χ0) is 9.35. The van der Waals surface area contributed by atoms with Gasteiger partial charge in [-0.15, -0.1) is 0 Å². The van der Waals surface area contributed by atoms with Crippen LogP contribution in [-0.2, 0) is 9.05 Å². The molecule has 0 spiro atoms. The number of aromatic hydroxyl groups is 1. The number of phenols is 1. The van der Waals surface area contributed by atoms with Crippen LogP contribution in [0.4, 0.5) is 0 Å². The molecule has 0 aliphatic carbocycles. The highest BCUT2D eigenvalue weighted by atomic mass is 79.9. The molecule has 0 saturated heterocycles. The monoisotopic (exact) mass is 270 g/mol. The van der Waals surface area contributed by atoms with Gasteiger partial charge in [0.2, 0.25) is 0 Å². The number of hydrogen-bond donors (Lipinski definition) is 1. The van der Waals surface area contributed by atoms with Crippen molar-refractivity contribution < 1.29 is 13.5 Å². The van der Waals surface area contributed by atoms with E-state index in [0.29, 0.717) is 0 Å². The second-order valence-corrected chi connectivity index (χ2v) is 5.38. The molecular weight excluding hydrogens is 267 g/mol. The summed E-state index contributed by atoms with van der Waals surface area (Å²) >= 11 is 2.96. The van der Waals surface area contributed by atoms with E-state index in [4.69, 9.17) is 15.8 Å². The third-order valence-electron chi connectivity index (χ3n) is 1.19. The molecule has 0 aromatic heterocycles. The van der Waals surface area contributed by atoms with Crippen molar-refractivity contribution in [2.45, 2.75) is 4.90 Å². The van der Waals surface area contributed by atoms with Crippen molar-refractivity contribution in [2.24, 2.45) is 0 Å². The van der Waals surface area contributed by atoms with Gasteiger partial charge in [0.05, 0.1) is 0 Å². The van der Waals surface area contributed by atoms with E-state index in [9.17, 15) is 8.42 Å². The highest BCUT2D eigenvalue weighted by molar-refractivity contribution is 9.10. The third kappa shape index (κ3) is 1.91. The first-order valence-electron chi connectivity index (χ1n) is 2.85. The van der Waals surface area contributed by atoms with E-state index in [1.54, 1.807) is 0 Å². The Kier molecular flexibility index (Phi) is 2.65. The Morgan fingerprint density at radius 2 is 2.00 bits per heavy atom. The predicted molar refractivity (Wildman–Crippen MR) is 48.8 cm³/mol. The van der Waals surface area contributed by atoms with Gasteiger partial charge in [-0.1, -0.05) is 6.07 Å². The lowest BCUT2D eigenvalue weighted by Crippen LogP contribution is -1.92. The average molecular weight is 272 g/mol. The third-order valence-corrected chi connectivity index (χ3v) is 3.49. The van der Waals surface area contributed by atoms with Gasteiger partial charge in [0.15, 0.2) is 0 Å². The summed E-state index contributed by atoms with van der Waals surface area (Å²) in [5.41, 5.74) is 0. The standard InChI is InChI=1S/C6H4BrClO3S/c7-4-2-1-3-5(9)6(4)12(8,10)11/h1-3,9H. The molecule has 0 bridgehead atoms. The molecule has 1 rings (SSSR count). The molecule has 0 aliphatic rings. The van der Waals surface area contributed by atoms with Crippen LogP contribution in [0.1, 0.15) is 0 Å². The number of phenolic OH excluding ortho intramolecular Hbond substituents is 1. The highest BCUT2D eigenvalue weighted by Crippen LogP contribution is 2.32. The van der Waals surface area contributed by atoms with Crippen LogP contribution in [0.5, 0.6) is 5.75 Å². The topological polar surface area (TPSA) is 54.4 Å². The van der Waals surface area contributed by atoms with E-state index >= 15 is 0 Å². The maximum atomic E-state index is 10.8. The van der Waals surface area contributed by atoms with E-state index in [-0.39, 0.29) is 15.1 Å². The molecule has 0 radical (unpaired) electrons. The lowest BCUT2D eigenvalue weighted by molar-refractivity contribution is 0.459. The van der Waals surface area contributed by atoms with Crippen molar-refractivity contribution in [3.8, 4) is 5.75 Å². The summed E-state index contributed by atoms with van der Waals surface area (Å²) in [6.07, 6.45) is 0. The van der Waals surface area contributed by atoms with Crippen molar-refractivity contribution >= 4 is 35.7 Å². The molecule has 0 unspecified atom stereocenters.